The Morgan fingerprint density at radius 2 is 2.17 bits per heavy atom. The predicted octanol–water partition coefficient (Wildman–Crippen LogP) is 2.55. The van der Waals surface area contributed by atoms with Crippen LogP contribution in [-0.4, -0.2) is 19.1 Å². The van der Waals surface area contributed by atoms with Gasteiger partial charge in [0.15, 0.2) is 0 Å². The normalized spacial score (nSPS) is 20.9. The molecule has 0 bridgehead atoms. The molecule has 0 spiro atoms. The molecule has 1 saturated heterocycles. The molecule has 2 N–H and O–H groups in total. The van der Waals surface area contributed by atoms with Crippen molar-refractivity contribution in [2.75, 3.05) is 13.1 Å². The molecule has 1 atom stereocenters. The maximum atomic E-state index is 12.5. The van der Waals surface area contributed by atoms with E-state index >= 15 is 0 Å². The summed E-state index contributed by atoms with van der Waals surface area (Å²) in [4.78, 5) is 0. The van der Waals surface area contributed by atoms with Gasteiger partial charge in [0.25, 0.3) is 0 Å². The van der Waals surface area contributed by atoms with Crippen molar-refractivity contribution in [2.24, 2.45) is 0 Å². The molecule has 1 aromatic carbocycles. The van der Waals surface area contributed by atoms with E-state index in [9.17, 15) is 13.2 Å². The van der Waals surface area contributed by atoms with E-state index in [1.54, 1.807) is 6.07 Å². The minimum atomic E-state index is -4.26. The van der Waals surface area contributed by atoms with Gasteiger partial charge in [0.2, 0.25) is 0 Å². The molecule has 0 aromatic heterocycles. The third-order valence-electron chi connectivity index (χ3n) is 3.15. The molecular formula is C13H17F3N2. The quantitative estimate of drug-likeness (QED) is 0.870. The van der Waals surface area contributed by atoms with E-state index in [0.29, 0.717) is 18.2 Å². The van der Waals surface area contributed by atoms with Crippen molar-refractivity contribution in [2.45, 2.75) is 31.6 Å². The number of hydrogen-bond donors (Lipinski definition) is 2. The average molecular weight is 258 g/mol. The van der Waals surface area contributed by atoms with Crippen molar-refractivity contribution in [1.29, 1.82) is 0 Å². The van der Waals surface area contributed by atoms with E-state index in [-0.39, 0.29) is 0 Å². The van der Waals surface area contributed by atoms with E-state index < -0.39 is 11.7 Å². The summed E-state index contributed by atoms with van der Waals surface area (Å²) in [5, 5.41) is 6.55. The molecule has 100 valence electrons. The van der Waals surface area contributed by atoms with Gasteiger partial charge in [-0.1, -0.05) is 18.2 Å². The SMILES string of the molecule is FC(F)(F)c1cccc(CNC2CCCNC2)c1. The second kappa shape index (κ2) is 5.71. The first-order valence-electron chi connectivity index (χ1n) is 6.16. The van der Waals surface area contributed by atoms with Crippen LogP contribution in [0.25, 0.3) is 0 Å². The van der Waals surface area contributed by atoms with Crippen LogP contribution in [0.4, 0.5) is 13.2 Å². The van der Waals surface area contributed by atoms with Crippen LogP contribution < -0.4 is 10.6 Å². The van der Waals surface area contributed by atoms with Gasteiger partial charge in [-0.05, 0) is 31.0 Å². The van der Waals surface area contributed by atoms with Crippen molar-refractivity contribution in [3.05, 3.63) is 35.4 Å². The molecule has 0 aliphatic carbocycles. The minimum Gasteiger partial charge on any atom is -0.315 e. The third-order valence-corrected chi connectivity index (χ3v) is 3.15. The van der Waals surface area contributed by atoms with Crippen molar-refractivity contribution in [3.63, 3.8) is 0 Å². The Balaban J connectivity index is 1.92. The molecule has 0 amide bonds. The van der Waals surface area contributed by atoms with Crippen LogP contribution >= 0.6 is 0 Å². The highest BCUT2D eigenvalue weighted by atomic mass is 19.4. The smallest absolute Gasteiger partial charge is 0.315 e. The Kier molecular flexibility index (Phi) is 4.24. The van der Waals surface area contributed by atoms with E-state index in [1.165, 1.54) is 12.1 Å². The fraction of sp³-hybridized carbons (Fsp3) is 0.538. The molecule has 0 saturated carbocycles. The largest absolute Gasteiger partial charge is 0.416 e. The number of rotatable bonds is 3. The summed E-state index contributed by atoms with van der Waals surface area (Å²) >= 11 is 0. The predicted molar refractivity (Wildman–Crippen MR) is 64.2 cm³/mol. The van der Waals surface area contributed by atoms with Crippen LogP contribution in [0.2, 0.25) is 0 Å². The summed E-state index contributed by atoms with van der Waals surface area (Å²) in [6.45, 7) is 2.40. The standard InChI is InChI=1S/C13H17F3N2/c14-13(15,16)11-4-1-3-10(7-11)8-18-12-5-2-6-17-9-12/h1,3-4,7,12,17-18H,2,5-6,8-9H2. The topological polar surface area (TPSA) is 24.1 Å². The number of alkyl halides is 3. The van der Waals surface area contributed by atoms with Gasteiger partial charge in [-0.3, -0.25) is 0 Å². The zero-order chi connectivity index (χ0) is 13.0. The number of nitrogens with one attached hydrogen (secondary N) is 2. The summed E-state index contributed by atoms with van der Waals surface area (Å²) in [6.07, 6.45) is -2.07. The molecular weight excluding hydrogens is 241 g/mol. The lowest BCUT2D eigenvalue weighted by Gasteiger charge is -2.24. The number of benzene rings is 1. The second-order valence-corrected chi connectivity index (χ2v) is 4.62. The Labute approximate surface area is 105 Å². The van der Waals surface area contributed by atoms with Crippen LogP contribution in [-0.2, 0) is 12.7 Å². The maximum absolute atomic E-state index is 12.5. The lowest BCUT2D eigenvalue weighted by Crippen LogP contribution is -2.42. The van der Waals surface area contributed by atoms with E-state index in [4.69, 9.17) is 0 Å². The molecule has 2 rings (SSSR count). The van der Waals surface area contributed by atoms with Crippen LogP contribution in [0.15, 0.2) is 24.3 Å². The lowest BCUT2D eigenvalue weighted by molar-refractivity contribution is -0.137. The Hall–Kier alpha value is -1.07. The monoisotopic (exact) mass is 258 g/mol. The molecule has 1 heterocycles. The molecule has 0 radical (unpaired) electrons. The molecule has 1 aliphatic heterocycles. The second-order valence-electron chi connectivity index (χ2n) is 4.62. The fourth-order valence-electron chi connectivity index (χ4n) is 2.15. The summed E-state index contributed by atoms with van der Waals surface area (Å²) in [7, 11) is 0. The van der Waals surface area contributed by atoms with Crippen molar-refractivity contribution in [1.82, 2.24) is 10.6 Å². The van der Waals surface area contributed by atoms with Crippen molar-refractivity contribution >= 4 is 0 Å². The lowest BCUT2D eigenvalue weighted by atomic mass is 10.1. The van der Waals surface area contributed by atoms with Gasteiger partial charge < -0.3 is 10.6 Å². The maximum Gasteiger partial charge on any atom is 0.416 e. The molecule has 5 heteroatoms. The summed E-state index contributed by atoms with van der Waals surface area (Å²) in [5.74, 6) is 0. The van der Waals surface area contributed by atoms with Gasteiger partial charge in [0, 0.05) is 19.1 Å². The first kappa shape index (κ1) is 13.4. The van der Waals surface area contributed by atoms with Gasteiger partial charge in [0.1, 0.15) is 0 Å². The molecule has 2 nitrogen and oxygen atoms in total. The van der Waals surface area contributed by atoms with E-state index in [2.05, 4.69) is 10.6 Å². The van der Waals surface area contributed by atoms with Gasteiger partial charge in [-0.25, -0.2) is 0 Å². The van der Waals surface area contributed by atoms with Crippen molar-refractivity contribution in [3.8, 4) is 0 Å². The summed E-state index contributed by atoms with van der Waals surface area (Å²) < 4.78 is 37.6. The summed E-state index contributed by atoms with van der Waals surface area (Å²) in [6, 6.07) is 5.85. The van der Waals surface area contributed by atoms with Gasteiger partial charge in [-0.2, -0.15) is 13.2 Å². The van der Waals surface area contributed by atoms with Crippen LogP contribution in [0.5, 0.6) is 0 Å². The van der Waals surface area contributed by atoms with Crippen LogP contribution in [0, 0.1) is 0 Å². The van der Waals surface area contributed by atoms with Crippen molar-refractivity contribution < 1.29 is 13.2 Å². The highest BCUT2D eigenvalue weighted by molar-refractivity contribution is 5.25. The zero-order valence-electron chi connectivity index (χ0n) is 10.1. The Bertz CT molecular complexity index is 384. The third kappa shape index (κ3) is 3.71. The highest BCUT2D eigenvalue weighted by Crippen LogP contribution is 2.29. The average Bonchev–Trinajstić information content (AvgIpc) is 2.37. The molecule has 18 heavy (non-hydrogen) atoms. The van der Waals surface area contributed by atoms with E-state index in [0.717, 1.165) is 32.0 Å². The zero-order valence-corrected chi connectivity index (χ0v) is 10.1. The van der Waals surface area contributed by atoms with E-state index in [1.807, 2.05) is 0 Å². The number of piperidine rings is 1. The molecule has 1 unspecified atom stereocenters. The van der Waals surface area contributed by atoms with Gasteiger partial charge in [0.05, 0.1) is 5.56 Å². The van der Waals surface area contributed by atoms with Gasteiger partial charge in [-0.15, -0.1) is 0 Å². The minimum absolute atomic E-state index is 0.355. The number of halogens is 3. The molecule has 1 aromatic rings. The first-order valence-corrected chi connectivity index (χ1v) is 6.16. The Morgan fingerprint density at radius 3 is 2.83 bits per heavy atom. The first-order chi connectivity index (χ1) is 8.55. The van der Waals surface area contributed by atoms with Gasteiger partial charge >= 0.3 is 6.18 Å². The summed E-state index contributed by atoms with van der Waals surface area (Å²) in [5.41, 5.74) is 0.0963. The Morgan fingerprint density at radius 1 is 1.33 bits per heavy atom. The molecule has 1 aliphatic rings. The molecule has 1 fully saturated rings. The number of hydrogen-bond acceptors (Lipinski definition) is 2. The fourth-order valence-corrected chi connectivity index (χ4v) is 2.15. The van der Waals surface area contributed by atoms with Crippen LogP contribution in [0.3, 0.4) is 0 Å². The highest BCUT2D eigenvalue weighted by Gasteiger charge is 2.30. The van der Waals surface area contributed by atoms with Crippen LogP contribution in [0.1, 0.15) is 24.0 Å².